The van der Waals surface area contributed by atoms with Gasteiger partial charge in [-0.25, -0.2) is 4.79 Å². The van der Waals surface area contributed by atoms with Gasteiger partial charge >= 0.3 is 6.09 Å². The Balaban J connectivity index is 2.25. The third kappa shape index (κ3) is 5.45. The second-order valence-electron chi connectivity index (χ2n) is 7.05. The fourth-order valence-electron chi connectivity index (χ4n) is 2.61. The monoisotopic (exact) mass is 339 g/mol. The van der Waals surface area contributed by atoms with Crippen molar-refractivity contribution in [3.05, 3.63) is 71.8 Å². The number of ether oxygens (including phenoxy) is 1. The first-order valence-corrected chi connectivity index (χ1v) is 8.41. The van der Waals surface area contributed by atoms with Crippen LogP contribution in [-0.4, -0.2) is 17.5 Å². The van der Waals surface area contributed by atoms with Crippen LogP contribution in [0.15, 0.2) is 60.7 Å². The first kappa shape index (κ1) is 18.7. The summed E-state index contributed by atoms with van der Waals surface area (Å²) in [6.45, 7) is 7.25. The summed E-state index contributed by atoms with van der Waals surface area (Å²) < 4.78 is 5.36. The summed E-state index contributed by atoms with van der Waals surface area (Å²) in [7, 11) is 0. The zero-order chi connectivity index (χ0) is 18.4. The summed E-state index contributed by atoms with van der Waals surface area (Å²) in [4.78, 5) is 25.1. The topological polar surface area (TPSA) is 55.4 Å². The van der Waals surface area contributed by atoms with Crippen LogP contribution in [-0.2, 0) is 4.74 Å². The molecule has 2 aromatic rings. The highest BCUT2D eigenvalue weighted by Gasteiger charge is 2.29. The fraction of sp³-hybridized carbons (Fsp3) is 0.333. The number of amides is 1. The number of hydrogen-bond donors (Lipinski definition) is 1. The van der Waals surface area contributed by atoms with Crippen molar-refractivity contribution in [1.29, 1.82) is 0 Å². The number of carbonyl (C=O) groups is 2. The van der Waals surface area contributed by atoms with Gasteiger partial charge in [-0.05, 0) is 26.3 Å². The Bertz CT molecular complexity index is 705. The van der Waals surface area contributed by atoms with Gasteiger partial charge in [-0.3, -0.25) is 4.79 Å². The van der Waals surface area contributed by atoms with Gasteiger partial charge < -0.3 is 10.1 Å². The summed E-state index contributed by atoms with van der Waals surface area (Å²) in [6.07, 6.45) is -0.533. The Kier molecular flexibility index (Phi) is 5.97. The third-order valence-electron chi connectivity index (χ3n) is 3.80. The maximum Gasteiger partial charge on any atom is 0.408 e. The van der Waals surface area contributed by atoms with Gasteiger partial charge in [0.2, 0.25) is 0 Å². The summed E-state index contributed by atoms with van der Waals surface area (Å²) >= 11 is 0. The summed E-state index contributed by atoms with van der Waals surface area (Å²) in [5, 5.41) is 2.86. The SMILES string of the molecule is C[C@H](C(=O)c1ccccc1)[C@H](NC(=O)OC(C)(C)C)c1ccccc1. The molecular formula is C21H25NO3. The van der Waals surface area contributed by atoms with Gasteiger partial charge in [0.25, 0.3) is 0 Å². The maximum absolute atomic E-state index is 12.8. The van der Waals surface area contributed by atoms with Crippen molar-refractivity contribution in [3.63, 3.8) is 0 Å². The molecule has 2 aromatic carbocycles. The van der Waals surface area contributed by atoms with E-state index in [2.05, 4.69) is 5.32 Å². The number of Topliss-reactive ketones (excluding diaryl/α,β-unsaturated/α-hetero) is 1. The fourth-order valence-corrected chi connectivity index (χ4v) is 2.61. The number of nitrogens with one attached hydrogen (secondary N) is 1. The zero-order valence-electron chi connectivity index (χ0n) is 15.2. The predicted molar refractivity (Wildman–Crippen MR) is 98.5 cm³/mol. The molecule has 0 fully saturated rings. The molecule has 0 saturated heterocycles. The normalized spacial score (nSPS) is 13.6. The highest BCUT2D eigenvalue weighted by Crippen LogP contribution is 2.26. The molecule has 1 N–H and O–H groups in total. The molecule has 0 unspecified atom stereocenters. The van der Waals surface area contributed by atoms with E-state index in [9.17, 15) is 9.59 Å². The third-order valence-corrected chi connectivity index (χ3v) is 3.80. The first-order valence-electron chi connectivity index (χ1n) is 8.41. The van der Waals surface area contributed by atoms with Crippen molar-refractivity contribution in [2.24, 2.45) is 5.92 Å². The van der Waals surface area contributed by atoms with Gasteiger partial charge in [0, 0.05) is 11.5 Å². The van der Waals surface area contributed by atoms with E-state index in [1.165, 1.54) is 0 Å². The van der Waals surface area contributed by atoms with E-state index in [1.807, 2.05) is 76.2 Å². The van der Waals surface area contributed by atoms with Gasteiger partial charge in [0.05, 0.1) is 6.04 Å². The second kappa shape index (κ2) is 7.97. The molecule has 0 saturated carbocycles. The van der Waals surface area contributed by atoms with E-state index in [0.717, 1.165) is 5.56 Å². The largest absolute Gasteiger partial charge is 0.444 e. The Labute approximate surface area is 149 Å². The minimum atomic E-state index is -0.599. The number of hydrogen-bond acceptors (Lipinski definition) is 3. The minimum absolute atomic E-state index is 0.0227. The first-order chi connectivity index (χ1) is 11.8. The van der Waals surface area contributed by atoms with Gasteiger partial charge in [0.1, 0.15) is 5.60 Å². The molecule has 2 atom stereocenters. The quantitative estimate of drug-likeness (QED) is 0.798. The lowest BCUT2D eigenvalue weighted by Crippen LogP contribution is -2.39. The number of benzene rings is 2. The van der Waals surface area contributed by atoms with Gasteiger partial charge in [-0.15, -0.1) is 0 Å². The molecule has 0 bridgehead atoms. The lowest BCUT2D eigenvalue weighted by Gasteiger charge is -2.27. The molecule has 0 aliphatic rings. The van der Waals surface area contributed by atoms with Gasteiger partial charge in [-0.2, -0.15) is 0 Å². The van der Waals surface area contributed by atoms with Gasteiger partial charge in [0.15, 0.2) is 5.78 Å². The highest BCUT2D eigenvalue weighted by atomic mass is 16.6. The van der Waals surface area contributed by atoms with E-state index in [-0.39, 0.29) is 5.78 Å². The molecule has 4 heteroatoms. The average molecular weight is 339 g/mol. The number of rotatable bonds is 5. The Morgan fingerprint density at radius 2 is 1.44 bits per heavy atom. The molecule has 1 amide bonds. The van der Waals surface area contributed by atoms with E-state index in [0.29, 0.717) is 5.56 Å². The van der Waals surface area contributed by atoms with Crippen molar-refractivity contribution in [1.82, 2.24) is 5.32 Å². The Hall–Kier alpha value is -2.62. The smallest absolute Gasteiger partial charge is 0.408 e. The van der Waals surface area contributed by atoms with Gasteiger partial charge in [-0.1, -0.05) is 67.6 Å². The number of carbonyl (C=O) groups excluding carboxylic acids is 2. The maximum atomic E-state index is 12.8. The van der Waals surface area contributed by atoms with Crippen molar-refractivity contribution in [2.45, 2.75) is 39.3 Å². The van der Waals surface area contributed by atoms with Crippen molar-refractivity contribution < 1.29 is 14.3 Å². The lowest BCUT2D eigenvalue weighted by atomic mass is 9.88. The van der Waals surface area contributed by atoms with Crippen LogP contribution < -0.4 is 5.32 Å². The molecule has 0 radical (unpaired) electrons. The second-order valence-corrected chi connectivity index (χ2v) is 7.05. The Morgan fingerprint density at radius 3 is 1.96 bits per heavy atom. The molecule has 2 rings (SSSR count). The number of ketones is 1. The molecule has 0 aromatic heterocycles. The van der Waals surface area contributed by atoms with Crippen LogP contribution in [0.25, 0.3) is 0 Å². The van der Waals surface area contributed by atoms with E-state index in [4.69, 9.17) is 4.74 Å². The summed E-state index contributed by atoms with van der Waals surface area (Å²) in [5.41, 5.74) is 0.893. The van der Waals surface area contributed by atoms with E-state index in [1.54, 1.807) is 12.1 Å². The average Bonchev–Trinajstić information content (AvgIpc) is 2.58. The van der Waals surface area contributed by atoms with E-state index >= 15 is 0 Å². The molecule has 0 aliphatic heterocycles. The molecular weight excluding hydrogens is 314 g/mol. The van der Waals surface area contributed by atoms with Crippen LogP contribution in [0.1, 0.15) is 49.7 Å². The van der Waals surface area contributed by atoms with Crippen LogP contribution in [0.2, 0.25) is 0 Å². The summed E-state index contributed by atoms with van der Waals surface area (Å²) in [6, 6.07) is 18.1. The summed E-state index contributed by atoms with van der Waals surface area (Å²) in [5.74, 6) is -0.456. The molecule has 0 aliphatic carbocycles. The van der Waals surface area contributed by atoms with Crippen LogP contribution in [0, 0.1) is 5.92 Å². The van der Waals surface area contributed by atoms with Crippen molar-refractivity contribution in [3.8, 4) is 0 Å². The predicted octanol–water partition coefficient (Wildman–Crippen LogP) is 4.77. The Morgan fingerprint density at radius 1 is 0.920 bits per heavy atom. The molecule has 0 spiro atoms. The molecule has 0 heterocycles. The van der Waals surface area contributed by atoms with Crippen LogP contribution in [0.4, 0.5) is 4.79 Å². The molecule has 132 valence electrons. The van der Waals surface area contributed by atoms with Crippen molar-refractivity contribution >= 4 is 11.9 Å². The molecule has 4 nitrogen and oxygen atoms in total. The highest BCUT2D eigenvalue weighted by molar-refractivity contribution is 5.98. The number of alkyl carbamates (subject to hydrolysis) is 1. The lowest BCUT2D eigenvalue weighted by molar-refractivity contribution is 0.0485. The van der Waals surface area contributed by atoms with Crippen LogP contribution in [0.3, 0.4) is 0 Å². The van der Waals surface area contributed by atoms with E-state index < -0.39 is 23.7 Å². The van der Waals surface area contributed by atoms with Crippen LogP contribution >= 0.6 is 0 Å². The standard InChI is InChI=1S/C21H25NO3/c1-15(19(23)17-13-9-6-10-14-17)18(16-11-7-5-8-12-16)22-20(24)25-21(2,3)4/h5-15,18H,1-4H3,(H,22,24)/t15-,18-/m0/s1. The van der Waals surface area contributed by atoms with Crippen LogP contribution in [0.5, 0.6) is 0 Å². The zero-order valence-corrected chi connectivity index (χ0v) is 15.2. The molecule has 25 heavy (non-hydrogen) atoms. The minimum Gasteiger partial charge on any atom is -0.444 e. The van der Waals surface area contributed by atoms with Crippen molar-refractivity contribution in [2.75, 3.05) is 0 Å².